The third-order valence-corrected chi connectivity index (χ3v) is 1.42. The van der Waals surface area contributed by atoms with Gasteiger partial charge < -0.3 is 4.84 Å². The minimum absolute atomic E-state index is 0.0831. The first-order chi connectivity index (χ1) is 6.54. The maximum absolute atomic E-state index is 12.2. The smallest absolute Gasteiger partial charge is 0.383 e. The Bertz CT molecular complexity index is 322. The SMILES string of the molecule is C=CNOc1cccc(C(F)(F)F)c1. The van der Waals surface area contributed by atoms with Gasteiger partial charge in [0.1, 0.15) is 0 Å². The van der Waals surface area contributed by atoms with Crippen molar-refractivity contribution < 1.29 is 18.0 Å². The van der Waals surface area contributed by atoms with Crippen LogP contribution in [0.15, 0.2) is 37.0 Å². The molecule has 0 spiro atoms. The van der Waals surface area contributed by atoms with E-state index in [0.29, 0.717) is 0 Å². The van der Waals surface area contributed by atoms with E-state index in [1.54, 1.807) is 0 Å². The summed E-state index contributed by atoms with van der Waals surface area (Å²) in [6.07, 6.45) is -3.13. The molecule has 0 saturated heterocycles. The first-order valence-corrected chi connectivity index (χ1v) is 3.74. The van der Waals surface area contributed by atoms with Crippen LogP contribution >= 0.6 is 0 Å². The lowest BCUT2D eigenvalue weighted by Crippen LogP contribution is -2.11. The summed E-state index contributed by atoms with van der Waals surface area (Å²) in [5.74, 6) is 0.0831. The number of rotatable bonds is 3. The fourth-order valence-electron chi connectivity index (χ4n) is 0.846. The average molecular weight is 203 g/mol. The van der Waals surface area contributed by atoms with Crippen molar-refractivity contribution in [2.45, 2.75) is 6.18 Å². The van der Waals surface area contributed by atoms with Gasteiger partial charge >= 0.3 is 6.18 Å². The van der Waals surface area contributed by atoms with Crippen molar-refractivity contribution in [2.75, 3.05) is 0 Å². The highest BCUT2D eigenvalue weighted by atomic mass is 19.4. The summed E-state index contributed by atoms with van der Waals surface area (Å²) < 4.78 is 36.6. The van der Waals surface area contributed by atoms with Crippen molar-refractivity contribution in [2.24, 2.45) is 0 Å². The Labute approximate surface area is 79.0 Å². The molecule has 1 N–H and O–H groups in total. The molecule has 0 aliphatic heterocycles. The van der Waals surface area contributed by atoms with Crippen molar-refractivity contribution >= 4 is 0 Å². The first-order valence-electron chi connectivity index (χ1n) is 3.74. The molecule has 0 fully saturated rings. The maximum atomic E-state index is 12.2. The highest BCUT2D eigenvalue weighted by molar-refractivity contribution is 5.30. The zero-order chi connectivity index (χ0) is 10.6. The molecule has 76 valence electrons. The van der Waals surface area contributed by atoms with Crippen LogP contribution in [-0.2, 0) is 6.18 Å². The summed E-state index contributed by atoms with van der Waals surface area (Å²) in [7, 11) is 0. The molecule has 0 aromatic heterocycles. The number of alkyl halides is 3. The highest BCUT2D eigenvalue weighted by Gasteiger charge is 2.30. The molecule has 0 radical (unpaired) electrons. The maximum Gasteiger partial charge on any atom is 0.416 e. The second-order valence-corrected chi connectivity index (χ2v) is 2.45. The van der Waals surface area contributed by atoms with E-state index < -0.39 is 11.7 Å². The van der Waals surface area contributed by atoms with Gasteiger partial charge in [-0.05, 0) is 18.2 Å². The Morgan fingerprint density at radius 1 is 1.36 bits per heavy atom. The Morgan fingerprint density at radius 3 is 2.64 bits per heavy atom. The second kappa shape index (κ2) is 4.04. The molecule has 14 heavy (non-hydrogen) atoms. The third-order valence-electron chi connectivity index (χ3n) is 1.42. The fraction of sp³-hybridized carbons (Fsp3) is 0.111. The van der Waals surface area contributed by atoms with Crippen LogP contribution in [0.2, 0.25) is 0 Å². The standard InChI is InChI=1S/C9H8F3NO/c1-2-13-14-8-5-3-4-7(6-8)9(10,11)12/h2-6,13H,1H2. The Balaban J connectivity index is 2.84. The molecule has 2 nitrogen and oxygen atoms in total. The summed E-state index contributed by atoms with van der Waals surface area (Å²) in [4.78, 5) is 4.72. The van der Waals surface area contributed by atoms with E-state index in [-0.39, 0.29) is 5.75 Å². The molecule has 0 heterocycles. The van der Waals surface area contributed by atoms with Gasteiger partial charge in [-0.15, -0.1) is 0 Å². The first kappa shape index (κ1) is 10.4. The van der Waals surface area contributed by atoms with E-state index in [9.17, 15) is 13.2 Å². The van der Waals surface area contributed by atoms with E-state index >= 15 is 0 Å². The second-order valence-electron chi connectivity index (χ2n) is 2.45. The van der Waals surface area contributed by atoms with E-state index in [4.69, 9.17) is 4.84 Å². The summed E-state index contributed by atoms with van der Waals surface area (Å²) >= 11 is 0. The number of hydrogen-bond acceptors (Lipinski definition) is 2. The van der Waals surface area contributed by atoms with Gasteiger partial charge in [-0.25, -0.2) is 5.48 Å². The molecule has 0 bridgehead atoms. The Kier molecular flexibility index (Phi) is 3.01. The summed E-state index contributed by atoms with van der Waals surface area (Å²) in [5.41, 5.74) is 1.49. The van der Waals surface area contributed by atoms with Crippen LogP contribution in [0.5, 0.6) is 5.75 Å². The molecule has 0 saturated carbocycles. The number of hydroxylamine groups is 1. The quantitative estimate of drug-likeness (QED) is 0.762. The van der Waals surface area contributed by atoms with E-state index in [2.05, 4.69) is 12.1 Å². The van der Waals surface area contributed by atoms with Gasteiger partial charge in [0.25, 0.3) is 0 Å². The minimum Gasteiger partial charge on any atom is -0.383 e. The van der Waals surface area contributed by atoms with Crippen molar-refractivity contribution in [1.29, 1.82) is 0 Å². The minimum atomic E-state index is -4.35. The monoisotopic (exact) mass is 203 g/mol. The van der Waals surface area contributed by atoms with Crippen LogP contribution < -0.4 is 10.3 Å². The fourth-order valence-corrected chi connectivity index (χ4v) is 0.846. The normalized spacial score (nSPS) is 10.8. The summed E-state index contributed by atoms with van der Waals surface area (Å²) in [6, 6.07) is 4.55. The van der Waals surface area contributed by atoms with E-state index in [0.717, 1.165) is 12.1 Å². The zero-order valence-corrected chi connectivity index (χ0v) is 7.14. The molecular weight excluding hydrogens is 195 g/mol. The molecule has 0 aliphatic rings. The topological polar surface area (TPSA) is 21.3 Å². The van der Waals surface area contributed by atoms with Gasteiger partial charge in [-0.2, -0.15) is 13.2 Å². The summed E-state index contributed by atoms with van der Waals surface area (Å²) in [6.45, 7) is 3.29. The van der Waals surface area contributed by atoms with Crippen molar-refractivity contribution in [3.63, 3.8) is 0 Å². The van der Waals surface area contributed by atoms with Crippen molar-refractivity contribution in [1.82, 2.24) is 5.48 Å². The predicted molar refractivity (Wildman–Crippen MR) is 45.4 cm³/mol. The van der Waals surface area contributed by atoms with Gasteiger partial charge in [-0.3, -0.25) is 0 Å². The van der Waals surface area contributed by atoms with Crippen LogP contribution in [0.4, 0.5) is 13.2 Å². The van der Waals surface area contributed by atoms with Gasteiger partial charge in [0, 0.05) is 6.20 Å². The van der Waals surface area contributed by atoms with E-state index in [1.807, 2.05) is 0 Å². The largest absolute Gasteiger partial charge is 0.416 e. The highest BCUT2D eigenvalue weighted by Crippen LogP contribution is 2.30. The van der Waals surface area contributed by atoms with Crippen molar-refractivity contribution in [3.05, 3.63) is 42.6 Å². The van der Waals surface area contributed by atoms with Crippen molar-refractivity contribution in [3.8, 4) is 5.75 Å². The molecule has 0 amide bonds. The molecule has 0 atom stereocenters. The number of halogens is 3. The van der Waals surface area contributed by atoms with Gasteiger partial charge in [0.2, 0.25) is 0 Å². The zero-order valence-electron chi connectivity index (χ0n) is 7.14. The average Bonchev–Trinajstić information content (AvgIpc) is 2.14. The molecule has 0 aliphatic carbocycles. The van der Waals surface area contributed by atoms with Crippen LogP contribution in [0.25, 0.3) is 0 Å². The third kappa shape index (κ3) is 2.69. The molecule has 1 aromatic rings. The number of benzene rings is 1. The summed E-state index contributed by atoms with van der Waals surface area (Å²) in [5, 5.41) is 0. The van der Waals surface area contributed by atoms with Crippen LogP contribution in [0, 0.1) is 0 Å². The lowest BCUT2D eigenvalue weighted by molar-refractivity contribution is -0.137. The molecule has 1 rings (SSSR count). The molecule has 1 aromatic carbocycles. The van der Waals surface area contributed by atoms with Gasteiger partial charge in [0.05, 0.1) is 5.56 Å². The van der Waals surface area contributed by atoms with Crippen LogP contribution in [0.3, 0.4) is 0 Å². The number of nitrogens with one attached hydrogen (secondary N) is 1. The molecular formula is C9H8F3NO. The lowest BCUT2D eigenvalue weighted by atomic mass is 10.2. The predicted octanol–water partition coefficient (Wildman–Crippen LogP) is 2.73. The molecule has 0 unspecified atom stereocenters. The Morgan fingerprint density at radius 2 is 2.07 bits per heavy atom. The number of hydrogen-bond donors (Lipinski definition) is 1. The van der Waals surface area contributed by atoms with Crippen LogP contribution in [0.1, 0.15) is 5.56 Å². The molecule has 5 heteroatoms. The Hall–Kier alpha value is -1.65. The van der Waals surface area contributed by atoms with E-state index in [1.165, 1.54) is 18.3 Å². The lowest BCUT2D eigenvalue weighted by Gasteiger charge is -2.08. The van der Waals surface area contributed by atoms with Gasteiger partial charge in [0.15, 0.2) is 5.75 Å². The van der Waals surface area contributed by atoms with Crippen LogP contribution in [-0.4, -0.2) is 0 Å². The van der Waals surface area contributed by atoms with Gasteiger partial charge in [-0.1, -0.05) is 12.6 Å².